The molecule has 0 aromatic heterocycles. The van der Waals surface area contributed by atoms with E-state index in [0.717, 1.165) is 19.3 Å². The first-order valence-corrected chi connectivity index (χ1v) is 8.93. The summed E-state index contributed by atoms with van der Waals surface area (Å²) in [4.78, 5) is 12.2. The molecule has 0 heterocycles. The Hall–Kier alpha value is -0.690. The van der Waals surface area contributed by atoms with Crippen LogP contribution in [0.3, 0.4) is 0 Å². The van der Waals surface area contributed by atoms with Crippen LogP contribution in [0, 0.1) is 11.8 Å². The Morgan fingerprint density at radius 3 is 2.43 bits per heavy atom. The van der Waals surface area contributed by atoms with Gasteiger partial charge >= 0.3 is 0 Å². The van der Waals surface area contributed by atoms with Gasteiger partial charge in [0.05, 0.1) is 6.10 Å². The first-order chi connectivity index (χ1) is 10.8. The molecule has 0 bridgehead atoms. The van der Waals surface area contributed by atoms with Gasteiger partial charge in [-0.3, -0.25) is 4.79 Å². The van der Waals surface area contributed by atoms with Gasteiger partial charge in [-0.1, -0.05) is 46.0 Å². The molecule has 1 fully saturated rings. The molecule has 23 heavy (non-hydrogen) atoms. The van der Waals surface area contributed by atoms with Gasteiger partial charge < -0.3 is 27.0 Å². The number of nitrogens with one attached hydrogen (secondary N) is 1. The van der Waals surface area contributed by atoms with Gasteiger partial charge in [0.25, 0.3) is 5.91 Å². The smallest absolute Gasteiger partial charge is 0.253 e. The second-order valence-electron chi connectivity index (χ2n) is 7.51. The normalized spacial score (nSPS) is 21.7. The minimum Gasteiger partial charge on any atom is -0.391 e. The van der Waals surface area contributed by atoms with Crippen LogP contribution in [0.1, 0.15) is 58.8 Å². The summed E-state index contributed by atoms with van der Waals surface area (Å²) in [5, 5.41) is 23.5. The van der Waals surface area contributed by atoms with Gasteiger partial charge in [0, 0.05) is 25.6 Å². The zero-order valence-corrected chi connectivity index (χ0v) is 14.6. The molecule has 0 aromatic rings. The quantitative estimate of drug-likeness (QED) is 0.422. The highest BCUT2D eigenvalue weighted by atomic mass is 16.3. The van der Waals surface area contributed by atoms with E-state index in [1.165, 1.54) is 19.3 Å². The van der Waals surface area contributed by atoms with E-state index >= 15 is 0 Å². The number of aliphatic hydroxyl groups is 2. The van der Waals surface area contributed by atoms with E-state index in [4.69, 9.17) is 11.5 Å². The summed E-state index contributed by atoms with van der Waals surface area (Å²) < 4.78 is 0. The van der Waals surface area contributed by atoms with Gasteiger partial charge in [-0.2, -0.15) is 0 Å². The van der Waals surface area contributed by atoms with Crippen molar-refractivity contribution in [3.63, 3.8) is 0 Å². The van der Waals surface area contributed by atoms with Crippen LogP contribution in [-0.4, -0.2) is 47.0 Å². The highest BCUT2D eigenvalue weighted by Crippen LogP contribution is 2.28. The van der Waals surface area contributed by atoms with Crippen molar-refractivity contribution < 1.29 is 15.0 Å². The first-order valence-electron chi connectivity index (χ1n) is 8.93. The molecule has 3 atom stereocenters. The zero-order chi connectivity index (χ0) is 17.5. The zero-order valence-electron chi connectivity index (χ0n) is 14.6. The number of aliphatic hydroxyl groups excluding tert-OH is 1. The molecule has 0 aromatic carbocycles. The van der Waals surface area contributed by atoms with E-state index < -0.39 is 23.7 Å². The van der Waals surface area contributed by atoms with E-state index in [0.29, 0.717) is 12.5 Å². The Morgan fingerprint density at radius 1 is 1.30 bits per heavy atom. The SMILES string of the molecule is CC(C)CNC(=O)[C@](O)(CN)CC(O)[C@@H](N)CC1CCCCC1. The van der Waals surface area contributed by atoms with E-state index in [9.17, 15) is 15.0 Å². The molecule has 0 saturated heterocycles. The molecule has 0 spiro atoms. The predicted molar refractivity (Wildman–Crippen MR) is 91.6 cm³/mol. The molecular weight excluding hydrogens is 294 g/mol. The van der Waals surface area contributed by atoms with Crippen molar-refractivity contribution in [1.29, 1.82) is 0 Å². The van der Waals surface area contributed by atoms with E-state index in [-0.39, 0.29) is 18.9 Å². The highest BCUT2D eigenvalue weighted by molar-refractivity contribution is 5.85. The average Bonchev–Trinajstić information content (AvgIpc) is 2.53. The lowest BCUT2D eigenvalue weighted by atomic mass is 9.82. The van der Waals surface area contributed by atoms with Gasteiger partial charge in [0.1, 0.15) is 0 Å². The molecule has 136 valence electrons. The fourth-order valence-electron chi connectivity index (χ4n) is 3.19. The Labute approximate surface area is 140 Å². The van der Waals surface area contributed by atoms with E-state index in [1.54, 1.807) is 0 Å². The van der Waals surface area contributed by atoms with Crippen LogP contribution in [0.15, 0.2) is 0 Å². The van der Waals surface area contributed by atoms with Crippen molar-refractivity contribution in [1.82, 2.24) is 5.32 Å². The lowest BCUT2D eigenvalue weighted by Crippen LogP contribution is -2.56. The minimum atomic E-state index is -1.77. The Morgan fingerprint density at radius 2 is 1.91 bits per heavy atom. The lowest BCUT2D eigenvalue weighted by Gasteiger charge is -2.32. The molecule has 0 radical (unpaired) electrons. The number of carbonyl (C=O) groups is 1. The third-order valence-electron chi connectivity index (χ3n) is 4.80. The van der Waals surface area contributed by atoms with Crippen LogP contribution in [0.2, 0.25) is 0 Å². The topological polar surface area (TPSA) is 122 Å². The Bertz CT molecular complexity index is 359. The predicted octanol–water partition coefficient (Wildman–Crippen LogP) is 0.497. The van der Waals surface area contributed by atoms with Crippen LogP contribution >= 0.6 is 0 Å². The summed E-state index contributed by atoms with van der Waals surface area (Å²) in [6.07, 6.45) is 5.69. The van der Waals surface area contributed by atoms with Crippen molar-refractivity contribution in [2.75, 3.05) is 13.1 Å². The van der Waals surface area contributed by atoms with Gasteiger partial charge in [-0.05, 0) is 18.3 Å². The molecule has 1 aliphatic carbocycles. The van der Waals surface area contributed by atoms with Crippen molar-refractivity contribution in [2.24, 2.45) is 23.3 Å². The van der Waals surface area contributed by atoms with Crippen molar-refractivity contribution in [3.8, 4) is 0 Å². The number of hydrogen-bond acceptors (Lipinski definition) is 5. The maximum Gasteiger partial charge on any atom is 0.253 e. The molecule has 1 amide bonds. The maximum absolute atomic E-state index is 12.2. The van der Waals surface area contributed by atoms with Gasteiger partial charge in [-0.15, -0.1) is 0 Å². The van der Waals surface area contributed by atoms with Crippen molar-refractivity contribution in [2.45, 2.75) is 76.5 Å². The largest absolute Gasteiger partial charge is 0.391 e. The van der Waals surface area contributed by atoms with Crippen LogP contribution in [0.25, 0.3) is 0 Å². The summed E-state index contributed by atoms with van der Waals surface area (Å²) in [5.41, 5.74) is 9.92. The second-order valence-corrected chi connectivity index (χ2v) is 7.51. The number of nitrogens with two attached hydrogens (primary N) is 2. The molecule has 7 N–H and O–H groups in total. The summed E-state index contributed by atoms with van der Waals surface area (Å²) in [5.74, 6) is 0.284. The monoisotopic (exact) mass is 329 g/mol. The standard InChI is InChI=1S/C17H35N3O3/c1-12(2)10-20-16(22)17(23,11-18)9-15(21)14(19)8-13-6-4-3-5-7-13/h12-15,21,23H,3-11,18-19H2,1-2H3,(H,20,22)/t14-,15?,17+/m0/s1. The van der Waals surface area contributed by atoms with Gasteiger partial charge in [-0.25, -0.2) is 0 Å². The number of rotatable bonds is 9. The molecule has 0 aliphatic heterocycles. The minimum absolute atomic E-state index is 0.124. The Balaban J connectivity index is 2.52. The second kappa shape index (κ2) is 9.57. The number of amides is 1. The third-order valence-corrected chi connectivity index (χ3v) is 4.80. The average molecular weight is 329 g/mol. The van der Waals surface area contributed by atoms with Crippen LogP contribution in [0.5, 0.6) is 0 Å². The molecular formula is C17H35N3O3. The van der Waals surface area contributed by atoms with Crippen molar-refractivity contribution in [3.05, 3.63) is 0 Å². The lowest BCUT2D eigenvalue weighted by molar-refractivity contribution is -0.142. The third kappa shape index (κ3) is 6.75. The number of carbonyl (C=O) groups excluding carboxylic acids is 1. The van der Waals surface area contributed by atoms with Gasteiger partial charge in [0.2, 0.25) is 0 Å². The molecule has 1 aliphatic rings. The fraction of sp³-hybridized carbons (Fsp3) is 0.941. The van der Waals surface area contributed by atoms with Crippen molar-refractivity contribution >= 4 is 5.91 Å². The Kier molecular flexibility index (Phi) is 8.47. The van der Waals surface area contributed by atoms with Gasteiger partial charge in [0.15, 0.2) is 5.60 Å². The molecule has 1 rings (SSSR count). The first kappa shape index (κ1) is 20.4. The van der Waals surface area contributed by atoms with Crippen LogP contribution in [-0.2, 0) is 4.79 Å². The summed E-state index contributed by atoms with van der Waals surface area (Å²) in [6, 6.07) is -0.436. The molecule has 6 nitrogen and oxygen atoms in total. The maximum atomic E-state index is 12.2. The highest BCUT2D eigenvalue weighted by Gasteiger charge is 2.38. The summed E-state index contributed by atoms with van der Waals surface area (Å²) in [7, 11) is 0. The number of hydrogen-bond donors (Lipinski definition) is 5. The molecule has 1 saturated carbocycles. The summed E-state index contributed by atoms with van der Waals surface area (Å²) in [6.45, 7) is 4.17. The summed E-state index contributed by atoms with van der Waals surface area (Å²) >= 11 is 0. The molecule has 6 heteroatoms. The van der Waals surface area contributed by atoms with Crippen LogP contribution < -0.4 is 16.8 Å². The van der Waals surface area contributed by atoms with Crippen LogP contribution in [0.4, 0.5) is 0 Å². The van der Waals surface area contributed by atoms with E-state index in [2.05, 4.69) is 5.32 Å². The molecule has 1 unspecified atom stereocenters. The fourth-order valence-corrected chi connectivity index (χ4v) is 3.19. The van der Waals surface area contributed by atoms with E-state index in [1.807, 2.05) is 13.8 Å².